The molecule has 0 aromatic heterocycles. The molecule has 8 heteroatoms. The lowest BCUT2D eigenvalue weighted by Gasteiger charge is -2.43. The van der Waals surface area contributed by atoms with Gasteiger partial charge in [-0.15, -0.1) is 0 Å². The Hall–Kier alpha value is -2.71. The van der Waals surface area contributed by atoms with Crippen LogP contribution < -0.4 is 0 Å². The zero-order chi connectivity index (χ0) is 20.7. The molecule has 0 spiro atoms. The van der Waals surface area contributed by atoms with E-state index in [1.54, 1.807) is 37.3 Å². The molecule has 0 heterocycles. The van der Waals surface area contributed by atoms with Crippen molar-refractivity contribution < 1.29 is 38.4 Å². The van der Waals surface area contributed by atoms with Crippen molar-refractivity contribution in [2.45, 2.75) is 44.7 Å². The third-order valence-corrected chi connectivity index (χ3v) is 4.14. The molecule has 4 atom stereocenters. The highest BCUT2D eigenvalue weighted by molar-refractivity contribution is 5.89. The number of carbonyl (C=O) groups excluding carboxylic acids is 3. The third kappa shape index (κ3) is 5.17. The van der Waals surface area contributed by atoms with Gasteiger partial charge in [-0.25, -0.2) is 4.79 Å². The quantitative estimate of drug-likeness (QED) is 0.422. The standard InChI is InChI=1S/C20H24O8/c1-4-25-17-11-10-16(27-13(2)21)18(28-14(3)22)20(17,24)12-26-19(23)15-8-6-5-7-9-15/h5-11,16-18,24H,4,12H2,1-3H3. The zero-order valence-electron chi connectivity index (χ0n) is 16.0. The van der Waals surface area contributed by atoms with E-state index in [4.69, 9.17) is 18.9 Å². The van der Waals surface area contributed by atoms with Crippen molar-refractivity contribution >= 4 is 17.9 Å². The van der Waals surface area contributed by atoms with Gasteiger partial charge >= 0.3 is 17.9 Å². The fourth-order valence-corrected chi connectivity index (χ4v) is 2.95. The smallest absolute Gasteiger partial charge is 0.338 e. The number of esters is 3. The summed E-state index contributed by atoms with van der Waals surface area (Å²) in [6.07, 6.45) is -0.356. The summed E-state index contributed by atoms with van der Waals surface area (Å²) < 4.78 is 21.2. The van der Waals surface area contributed by atoms with Crippen LogP contribution >= 0.6 is 0 Å². The molecule has 0 bridgehead atoms. The first-order valence-corrected chi connectivity index (χ1v) is 8.86. The summed E-state index contributed by atoms with van der Waals surface area (Å²) in [7, 11) is 0. The maximum Gasteiger partial charge on any atom is 0.338 e. The minimum atomic E-state index is -1.96. The van der Waals surface area contributed by atoms with E-state index in [1.807, 2.05) is 0 Å². The van der Waals surface area contributed by atoms with Gasteiger partial charge in [-0.05, 0) is 25.1 Å². The molecule has 0 saturated carbocycles. The Morgan fingerprint density at radius 1 is 1.04 bits per heavy atom. The average Bonchev–Trinajstić information content (AvgIpc) is 2.65. The molecule has 0 fully saturated rings. The van der Waals surface area contributed by atoms with Gasteiger partial charge in [-0.2, -0.15) is 0 Å². The number of hydrogen-bond acceptors (Lipinski definition) is 8. The molecule has 0 radical (unpaired) electrons. The summed E-state index contributed by atoms with van der Waals surface area (Å²) in [6.45, 7) is 3.79. The summed E-state index contributed by atoms with van der Waals surface area (Å²) in [4.78, 5) is 35.3. The first-order valence-electron chi connectivity index (χ1n) is 8.86. The summed E-state index contributed by atoms with van der Waals surface area (Å²) in [6, 6.07) is 8.24. The van der Waals surface area contributed by atoms with E-state index in [1.165, 1.54) is 19.1 Å². The molecular weight excluding hydrogens is 368 g/mol. The van der Waals surface area contributed by atoms with Crippen molar-refractivity contribution in [2.75, 3.05) is 13.2 Å². The highest BCUT2D eigenvalue weighted by Gasteiger charge is 2.54. The Morgan fingerprint density at radius 2 is 1.68 bits per heavy atom. The lowest BCUT2D eigenvalue weighted by molar-refractivity contribution is -0.217. The van der Waals surface area contributed by atoms with E-state index in [2.05, 4.69) is 0 Å². The third-order valence-electron chi connectivity index (χ3n) is 4.14. The monoisotopic (exact) mass is 392 g/mol. The molecule has 2 rings (SSSR count). The molecule has 4 unspecified atom stereocenters. The average molecular weight is 392 g/mol. The van der Waals surface area contributed by atoms with Gasteiger partial charge in [0.2, 0.25) is 0 Å². The summed E-state index contributed by atoms with van der Waals surface area (Å²) in [5.74, 6) is -1.98. The van der Waals surface area contributed by atoms with Crippen LogP contribution in [-0.4, -0.2) is 60.1 Å². The second-order valence-electron chi connectivity index (χ2n) is 6.30. The van der Waals surface area contributed by atoms with Crippen molar-refractivity contribution in [3.63, 3.8) is 0 Å². The molecule has 8 nitrogen and oxygen atoms in total. The largest absolute Gasteiger partial charge is 0.459 e. The Kier molecular flexibility index (Phi) is 7.31. The predicted molar refractivity (Wildman–Crippen MR) is 97.3 cm³/mol. The van der Waals surface area contributed by atoms with Gasteiger partial charge in [0.25, 0.3) is 0 Å². The zero-order valence-corrected chi connectivity index (χ0v) is 16.0. The number of aliphatic hydroxyl groups is 1. The lowest BCUT2D eigenvalue weighted by atomic mass is 9.82. The first-order chi connectivity index (χ1) is 13.3. The maximum atomic E-state index is 12.3. The van der Waals surface area contributed by atoms with Crippen LogP contribution in [0.15, 0.2) is 42.5 Å². The number of ether oxygens (including phenoxy) is 4. The Labute approximate surface area is 163 Å². The van der Waals surface area contributed by atoms with Crippen LogP contribution in [0.1, 0.15) is 31.1 Å². The molecule has 1 N–H and O–H groups in total. The van der Waals surface area contributed by atoms with E-state index >= 15 is 0 Å². The van der Waals surface area contributed by atoms with Crippen LogP contribution in [0.4, 0.5) is 0 Å². The summed E-state index contributed by atoms with van der Waals surface area (Å²) in [5, 5.41) is 11.3. The molecular formula is C20H24O8. The molecule has 0 aliphatic heterocycles. The lowest BCUT2D eigenvalue weighted by Crippen LogP contribution is -2.63. The second-order valence-corrected chi connectivity index (χ2v) is 6.30. The summed E-state index contributed by atoms with van der Waals surface area (Å²) >= 11 is 0. The summed E-state index contributed by atoms with van der Waals surface area (Å²) in [5.41, 5.74) is -1.66. The maximum absolute atomic E-state index is 12.3. The van der Waals surface area contributed by atoms with Crippen LogP contribution in [0.5, 0.6) is 0 Å². The second kappa shape index (κ2) is 9.48. The van der Waals surface area contributed by atoms with Crippen molar-refractivity contribution in [3.8, 4) is 0 Å². The van der Waals surface area contributed by atoms with Crippen LogP contribution in [0, 0.1) is 0 Å². The van der Waals surface area contributed by atoms with Crippen molar-refractivity contribution in [1.29, 1.82) is 0 Å². The van der Waals surface area contributed by atoms with Gasteiger partial charge < -0.3 is 24.1 Å². The van der Waals surface area contributed by atoms with Crippen molar-refractivity contribution in [1.82, 2.24) is 0 Å². The minimum Gasteiger partial charge on any atom is -0.459 e. The van der Waals surface area contributed by atoms with Gasteiger partial charge in [0, 0.05) is 20.5 Å². The Bertz CT molecular complexity index is 729. The number of hydrogen-bond donors (Lipinski definition) is 1. The van der Waals surface area contributed by atoms with Gasteiger partial charge in [0.15, 0.2) is 17.8 Å². The fraction of sp³-hybridized carbons (Fsp3) is 0.450. The van der Waals surface area contributed by atoms with Gasteiger partial charge in [-0.1, -0.05) is 24.3 Å². The van der Waals surface area contributed by atoms with Crippen LogP contribution in [0.2, 0.25) is 0 Å². The molecule has 1 aliphatic rings. The van der Waals surface area contributed by atoms with E-state index in [0.717, 1.165) is 6.92 Å². The first kappa shape index (κ1) is 21.6. The van der Waals surface area contributed by atoms with E-state index in [0.29, 0.717) is 5.56 Å². The molecule has 0 amide bonds. The van der Waals surface area contributed by atoms with E-state index in [9.17, 15) is 19.5 Å². The number of benzene rings is 1. The molecule has 28 heavy (non-hydrogen) atoms. The van der Waals surface area contributed by atoms with Gasteiger partial charge in [-0.3, -0.25) is 9.59 Å². The SMILES string of the molecule is CCOC1C=CC(OC(C)=O)C(OC(C)=O)C1(O)COC(=O)c1ccccc1. The van der Waals surface area contributed by atoms with Crippen molar-refractivity contribution in [3.05, 3.63) is 48.0 Å². The highest BCUT2D eigenvalue weighted by Crippen LogP contribution is 2.32. The molecule has 152 valence electrons. The fourth-order valence-electron chi connectivity index (χ4n) is 2.95. The minimum absolute atomic E-state index is 0.245. The van der Waals surface area contributed by atoms with Crippen molar-refractivity contribution in [2.24, 2.45) is 0 Å². The number of rotatable bonds is 7. The van der Waals surface area contributed by atoms with Gasteiger partial charge in [0.05, 0.1) is 5.56 Å². The molecule has 0 saturated heterocycles. The van der Waals surface area contributed by atoms with Gasteiger partial charge in [0.1, 0.15) is 12.7 Å². The van der Waals surface area contributed by atoms with Crippen LogP contribution in [-0.2, 0) is 28.5 Å². The Morgan fingerprint density at radius 3 is 2.25 bits per heavy atom. The Balaban J connectivity index is 2.30. The topological polar surface area (TPSA) is 108 Å². The number of carbonyl (C=O) groups is 3. The molecule has 1 aliphatic carbocycles. The molecule has 1 aromatic rings. The predicted octanol–water partition coefficient (Wildman–Crippen LogP) is 1.41. The van der Waals surface area contributed by atoms with E-state index < -0.39 is 48.4 Å². The van der Waals surface area contributed by atoms with Crippen LogP contribution in [0.25, 0.3) is 0 Å². The molecule has 1 aromatic carbocycles. The van der Waals surface area contributed by atoms with Crippen LogP contribution in [0.3, 0.4) is 0 Å². The highest BCUT2D eigenvalue weighted by atomic mass is 16.6. The normalized spacial score (nSPS) is 26.4. The van der Waals surface area contributed by atoms with E-state index in [-0.39, 0.29) is 6.61 Å².